The summed E-state index contributed by atoms with van der Waals surface area (Å²) in [7, 11) is 0. The van der Waals surface area contributed by atoms with Crippen molar-refractivity contribution >= 4 is 29.3 Å². The molecule has 0 aromatic carbocycles. The Kier molecular flexibility index (Phi) is 4.09. The molecule has 0 radical (unpaired) electrons. The fourth-order valence-corrected chi connectivity index (χ4v) is 2.96. The molecule has 1 aliphatic heterocycles. The molecule has 102 valence electrons. The molecule has 2 amide bonds. The molecular weight excluding hydrogens is 262 g/mol. The molecule has 0 bridgehead atoms. The van der Waals surface area contributed by atoms with E-state index in [1.54, 1.807) is 18.3 Å². The zero-order chi connectivity index (χ0) is 14.0. The third-order valence-corrected chi connectivity index (χ3v) is 4.33. The van der Waals surface area contributed by atoms with Crippen molar-refractivity contribution in [1.82, 2.24) is 9.88 Å². The molecule has 2 atom stereocenters. The minimum absolute atomic E-state index is 0.0371. The van der Waals surface area contributed by atoms with Gasteiger partial charge in [0.1, 0.15) is 0 Å². The second-order valence-electron chi connectivity index (χ2n) is 4.60. The van der Waals surface area contributed by atoms with Gasteiger partial charge in [-0.25, -0.2) is 4.98 Å². The third-order valence-electron chi connectivity index (χ3n) is 3.20. The normalized spacial score (nSPS) is 20.9. The number of nitrogen functional groups attached to an aromatic ring is 1. The molecule has 5 nitrogen and oxygen atoms in total. The van der Waals surface area contributed by atoms with Gasteiger partial charge in [-0.15, -0.1) is 0 Å². The number of likely N-dealkylation sites (tertiary alicyclic amines) is 1. The Hall–Kier alpha value is -1.56. The van der Waals surface area contributed by atoms with Crippen LogP contribution in [0.3, 0.4) is 0 Å². The number of carbonyl (C=O) groups excluding carboxylic acids is 2. The highest BCUT2D eigenvalue weighted by atomic mass is 32.2. The minimum Gasteiger partial charge on any atom is -0.397 e. The van der Waals surface area contributed by atoms with Crippen molar-refractivity contribution in [2.45, 2.75) is 43.0 Å². The summed E-state index contributed by atoms with van der Waals surface area (Å²) in [4.78, 5) is 29.6. The van der Waals surface area contributed by atoms with E-state index < -0.39 is 0 Å². The molecule has 1 fully saturated rings. The van der Waals surface area contributed by atoms with Crippen molar-refractivity contribution in [2.24, 2.45) is 0 Å². The lowest BCUT2D eigenvalue weighted by atomic mass is 10.2. The maximum Gasteiger partial charge on any atom is 0.243 e. The minimum atomic E-state index is -0.363. The van der Waals surface area contributed by atoms with Crippen LogP contribution in [0.4, 0.5) is 5.69 Å². The van der Waals surface area contributed by atoms with E-state index in [1.807, 2.05) is 13.8 Å². The Morgan fingerprint density at radius 1 is 1.53 bits per heavy atom. The van der Waals surface area contributed by atoms with Crippen LogP contribution in [-0.2, 0) is 9.59 Å². The zero-order valence-electron chi connectivity index (χ0n) is 11.0. The molecule has 2 heterocycles. The standard InChI is InChI=1S/C13H17N3O2S/c1-3-8(2)16-12(17)6-10(13(16)18)19-11-5-4-9(14)7-15-11/h4-5,7-8,10H,3,6,14H2,1-2H3. The van der Waals surface area contributed by atoms with Crippen LogP contribution < -0.4 is 5.73 Å². The highest BCUT2D eigenvalue weighted by Crippen LogP contribution is 2.31. The van der Waals surface area contributed by atoms with Crippen molar-refractivity contribution < 1.29 is 9.59 Å². The number of amides is 2. The van der Waals surface area contributed by atoms with Gasteiger partial charge in [0.2, 0.25) is 11.8 Å². The average molecular weight is 279 g/mol. The molecule has 2 rings (SSSR count). The van der Waals surface area contributed by atoms with Crippen molar-refractivity contribution in [3.63, 3.8) is 0 Å². The summed E-state index contributed by atoms with van der Waals surface area (Å²) < 4.78 is 0. The third kappa shape index (κ3) is 2.89. The molecule has 2 unspecified atom stereocenters. The highest BCUT2D eigenvalue weighted by molar-refractivity contribution is 8.00. The summed E-state index contributed by atoms with van der Waals surface area (Å²) in [6.07, 6.45) is 2.57. The monoisotopic (exact) mass is 279 g/mol. The fraction of sp³-hybridized carbons (Fsp3) is 0.462. The predicted octanol–water partition coefficient (Wildman–Crippen LogP) is 1.68. The number of hydrogen-bond acceptors (Lipinski definition) is 5. The van der Waals surface area contributed by atoms with E-state index >= 15 is 0 Å². The Labute approximate surface area is 116 Å². The summed E-state index contributed by atoms with van der Waals surface area (Å²) in [5, 5.41) is 0.351. The lowest BCUT2D eigenvalue weighted by molar-refractivity contribution is -0.140. The van der Waals surface area contributed by atoms with Crippen molar-refractivity contribution in [3.05, 3.63) is 18.3 Å². The number of imide groups is 1. The maximum atomic E-state index is 12.2. The zero-order valence-corrected chi connectivity index (χ0v) is 11.8. The van der Waals surface area contributed by atoms with Gasteiger partial charge in [0.25, 0.3) is 0 Å². The maximum absolute atomic E-state index is 12.2. The lowest BCUT2D eigenvalue weighted by Crippen LogP contribution is -2.38. The van der Waals surface area contributed by atoms with Crippen molar-refractivity contribution in [3.8, 4) is 0 Å². The van der Waals surface area contributed by atoms with E-state index in [2.05, 4.69) is 4.98 Å². The molecule has 1 aromatic rings. The number of aromatic nitrogens is 1. The summed E-state index contributed by atoms with van der Waals surface area (Å²) in [6, 6.07) is 3.47. The quantitative estimate of drug-likeness (QED) is 0.849. The first kappa shape index (κ1) is 13.9. The van der Waals surface area contributed by atoms with Crippen LogP contribution in [0.2, 0.25) is 0 Å². The molecule has 2 N–H and O–H groups in total. The first-order chi connectivity index (χ1) is 9.02. The lowest BCUT2D eigenvalue weighted by Gasteiger charge is -2.21. The van der Waals surface area contributed by atoms with Gasteiger partial charge < -0.3 is 5.73 Å². The average Bonchev–Trinajstić information content (AvgIpc) is 2.66. The molecule has 6 heteroatoms. The van der Waals surface area contributed by atoms with Gasteiger partial charge in [-0.1, -0.05) is 18.7 Å². The molecule has 0 spiro atoms. The number of nitrogens with two attached hydrogens (primary N) is 1. The van der Waals surface area contributed by atoms with Gasteiger partial charge in [-0.05, 0) is 25.5 Å². The van der Waals surface area contributed by atoms with Crippen LogP contribution in [0.25, 0.3) is 0 Å². The largest absolute Gasteiger partial charge is 0.397 e. The summed E-state index contributed by atoms with van der Waals surface area (Å²) in [5.74, 6) is -0.199. The number of pyridine rings is 1. The highest BCUT2D eigenvalue weighted by Gasteiger charge is 2.41. The van der Waals surface area contributed by atoms with Crippen LogP contribution in [0, 0.1) is 0 Å². The Morgan fingerprint density at radius 3 is 2.84 bits per heavy atom. The molecule has 1 aromatic heterocycles. The van der Waals surface area contributed by atoms with E-state index in [-0.39, 0.29) is 29.5 Å². The SMILES string of the molecule is CCC(C)N1C(=O)CC(Sc2ccc(N)cn2)C1=O. The van der Waals surface area contributed by atoms with Gasteiger partial charge in [0, 0.05) is 12.5 Å². The van der Waals surface area contributed by atoms with Crippen molar-refractivity contribution in [1.29, 1.82) is 0 Å². The molecule has 0 aliphatic carbocycles. The number of rotatable bonds is 4. The molecule has 19 heavy (non-hydrogen) atoms. The second kappa shape index (κ2) is 5.61. The number of anilines is 1. The summed E-state index contributed by atoms with van der Waals surface area (Å²) in [6.45, 7) is 3.86. The van der Waals surface area contributed by atoms with Gasteiger partial charge in [-0.3, -0.25) is 14.5 Å². The fourth-order valence-electron chi connectivity index (χ4n) is 1.97. The second-order valence-corrected chi connectivity index (χ2v) is 5.82. The molecule has 1 aliphatic rings. The van der Waals surface area contributed by atoms with Gasteiger partial charge >= 0.3 is 0 Å². The number of carbonyl (C=O) groups is 2. The van der Waals surface area contributed by atoms with E-state index in [4.69, 9.17) is 5.73 Å². The number of thioether (sulfide) groups is 1. The topological polar surface area (TPSA) is 76.3 Å². The van der Waals surface area contributed by atoms with Gasteiger partial charge in [0.05, 0.1) is 22.2 Å². The molecule has 1 saturated heterocycles. The van der Waals surface area contributed by atoms with Crippen molar-refractivity contribution in [2.75, 3.05) is 5.73 Å². The Balaban J connectivity index is 2.09. The van der Waals surface area contributed by atoms with Crippen LogP contribution in [0.15, 0.2) is 23.4 Å². The van der Waals surface area contributed by atoms with Gasteiger partial charge in [-0.2, -0.15) is 0 Å². The van der Waals surface area contributed by atoms with E-state index in [9.17, 15) is 9.59 Å². The Morgan fingerprint density at radius 2 is 2.26 bits per heavy atom. The van der Waals surface area contributed by atoms with Crippen LogP contribution in [-0.4, -0.2) is 33.0 Å². The smallest absolute Gasteiger partial charge is 0.243 e. The van der Waals surface area contributed by atoms with Crippen LogP contribution in [0.5, 0.6) is 0 Å². The predicted molar refractivity (Wildman–Crippen MR) is 74.5 cm³/mol. The molecule has 0 saturated carbocycles. The summed E-state index contributed by atoms with van der Waals surface area (Å²) >= 11 is 1.32. The van der Waals surface area contributed by atoms with E-state index in [0.717, 1.165) is 6.42 Å². The first-order valence-corrected chi connectivity index (χ1v) is 7.15. The van der Waals surface area contributed by atoms with Gasteiger partial charge in [0.15, 0.2) is 0 Å². The Bertz CT molecular complexity index is 489. The molecular formula is C13H17N3O2S. The number of hydrogen-bond donors (Lipinski definition) is 1. The summed E-state index contributed by atoms with van der Waals surface area (Å²) in [5.41, 5.74) is 6.15. The van der Waals surface area contributed by atoms with Crippen LogP contribution >= 0.6 is 11.8 Å². The number of nitrogens with zero attached hydrogens (tertiary/aromatic N) is 2. The first-order valence-electron chi connectivity index (χ1n) is 6.27. The van der Waals surface area contributed by atoms with E-state index in [0.29, 0.717) is 10.7 Å². The van der Waals surface area contributed by atoms with Crippen LogP contribution in [0.1, 0.15) is 26.7 Å². The van der Waals surface area contributed by atoms with E-state index in [1.165, 1.54) is 16.7 Å².